The lowest BCUT2D eigenvalue weighted by atomic mass is 10.1. The maximum Gasteiger partial charge on any atom is 0.228 e. The first-order chi connectivity index (χ1) is 9.25. The molecule has 2 aliphatic carbocycles. The van der Waals surface area contributed by atoms with Gasteiger partial charge in [-0.2, -0.15) is 0 Å². The standard InChI is InChI=1S/C16H18BrNO/c17-11-6-5-7-12(10-11)18-16(19)15-13-8-3-1-2-4-9-14(13)15/h1-2,5-7,10,13-15H,3-4,8-9H2,(H,18,19)/t13-,14-/m1/s1. The predicted molar refractivity (Wildman–Crippen MR) is 80.8 cm³/mol. The van der Waals surface area contributed by atoms with E-state index in [0.717, 1.165) is 35.8 Å². The van der Waals surface area contributed by atoms with Crippen molar-refractivity contribution in [2.75, 3.05) is 5.32 Å². The molecule has 0 spiro atoms. The molecule has 100 valence electrons. The summed E-state index contributed by atoms with van der Waals surface area (Å²) in [6.45, 7) is 0. The van der Waals surface area contributed by atoms with Crippen LogP contribution in [0.25, 0.3) is 0 Å². The smallest absolute Gasteiger partial charge is 0.228 e. The van der Waals surface area contributed by atoms with Gasteiger partial charge in [-0.1, -0.05) is 34.1 Å². The number of hydrogen-bond donors (Lipinski definition) is 1. The van der Waals surface area contributed by atoms with Crippen LogP contribution in [0.4, 0.5) is 5.69 Å². The van der Waals surface area contributed by atoms with Crippen molar-refractivity contribution in [1.29, 1.82) is 0 Å². The minimum atomic E-state index is 0.204. The quantitative estimate of drug-likeness (QED) is 0.805. The molecular weight excluding hydrogens is 302 g/mol. The molecule has 1 fully saturated rings. The Balaban J connectivity index is 1.63. The van der Waals surface area contributed by atoms with Crippen LogP contribution in [-0.2, 0) is 4.79 Å². The number of fused-ring (bicyclic) bond motifs is 1. The molecular formula is C16H18BrNO. The molecule has 1 aromatic rings. The second kappa shape index (κ2) is 5.49. The zero-order valence-electron chi connectivity index (χ0n) is 10.8. The van der Waals surface area contributed by atoms with Crippen LogP contribution < -0.4 is 5.32 Å². The van der Waals surface area contributed by atoms with Crippen LogP contribution in [-0.4, -0.2) is 5.91 Å². The minimum absolute atomic E-state index is 0.204. The van der Waals surface area contributed by atoms with Gasteiger partial charge in [-0.3, -0.25) is 4.79 Å². The average Bonchev–Trinajstić information content (AvgIpc) is 3.00. The second-order valence-corrected chi connectivity index (χ2v) is 6.39. The van der Waals surface area contributed by atoms with Crippen molar-refractivity contribution in [1.82, 2.24) is 0 Å². The first kappa shape index (κ1) is 12.9. The minimum Gasteiger partial charge on any atom is -0.326 e. The summed E-state index contributed by atoms with van der Waals surface area (Å²) in [5.41, 5.74) is 0.886. The van der Waals surface area contributed by atoms with Crippen molar-refractivity contribution in [2.45, 2.75) is 25.7 Å². The van der Waals surface area contributed by atoms with Crippen LogP contribution in [0.5, 0.6) is 0 Å². The molecule has 1 aromatic carbocycles. The van der Waals surface area contributed by atoms with Crippen LogP contribution in [0.3, 0.4) is 0 Å². The number of amides is 1. The molecule has 1 N–H and O–H groups in total. The van der Waals surface area contributed by atoms with E-state index in [4.69, 9.17) is 0 Å². The monoisotopic (exact) mass is 319 g/mol. The van der Waals surface area contributed by atoms with Gasteiger partial charge in [0, 0.05) is 16.1 Å². The predicted octanol–water partition coefficient (Wildman–Crippen LogP) is 4.38. The molecule has 2 nitrogen and oxygen atoms in total. The van der Waals surface area contributed by atoms with Crippen molar-refractivity contribution in [3.8, 4) is 0 Å². The van der Waals surface area contributed by atoms with Gasteiger partial charge in [0.25, 0.3) is 0 Å². The molecule has 2 atom stereocenters. The number of carbonyl (C=O) groups excluding carboxylic acids is 1. The highest BCUT2D eigenvalue weighted by Gasteiger charge is 2.53. The van der Waals surface area contributed by atoms with E-state index in [1.807, 2.05) is 24.3 Å². The van der Waals surface area contributed by atoms with Gasteiger partial charge in [-0.25, -0.2) is 0 Å². The van der Waals surface area contributed by atoms with Gasteiger partial charge in [-0.15, -0.1) is 0 Å². The second-order valence-electron chi connectivity index (χ2n) is 5.48. The normalized spacial score (nSPS) is 29.0. The van der Waals surface area contributed by atoms with Crippen LogP contribution in [0.2, 0.25) is 0 Å². The van der Waals surface area contributed by atoms with Crippen molar-refractivity contribution in [3.63, 3.8) is 0 Å². The van der Waals surface area contributed by atoms with Crippen LogP contribution >= 0.6 is 15.9 Å². The summed E-state index contributed by atoms with van der Waals surface area (Å²) >= 11 is 3.43. The van der Waals surface area contributed by atoms with E-state index < -0.39 is 0 Å². The maximum absolute atomic E-state index is 12.3. The Kier molecular flexibility index (Phi) is 3.74. The summed E-state index contributed by atoms with van der Waals surface area (Å²) in [6, 6.07) is 7.80. The summed E-state index contributed by atoms with van der Waals surface area (Å²) in [5, 5.41) is 3.05. The summed E-state index contributed by atoms with van der Waals surface area (Å²) < 4.78 is 0.997. The van der Waals surface area contributed by atoms with Gasteiger partial charge in [0.05, 0.1) is 0 Å². The van der Waals surface area contributed by atoms with Gasteiger partial charge in [-0.05, 0) is 55.7 Å². The van der Waals surface area contributed by atoms with E-state index in [-0.39, 0.29) is 11.8 Å². The highest BCUT2D eigenvalue weighted by molar-refractivity contribution is 9.10. The highest BCUT2D eigenvalue weighted by Crippen LogP contribution is 2.53. The number of halogens is 1. The lowest BCUT2D eigenvalue weighted by molar-refractivity contribution is -0.117. The van der Waals surface area contributed by atoms with Crippen molar-refractivity contribution in [3.05, 3.63) is 40.9 Å². The molecule has 3 heteroatoms. The Morgan fingerprint density at radius 3 is 2.47 bits per heavy atom. The largest absolute Gasteiger partial charge is 0.326 e. The Morgan fingerprint density at radius 1 is 1.16 bits per heavy atom. The van der Waals surface area contributed by atoms with E-state index >= 15 is 0 Å². The maximum atomic E-state index is 12.3. The molecule has 3 rings (SSSR count). The van der Waals surface area contributed by atoms with E-state index in [1.54, 1.807) is 0 Å². The fraction of sp³-hybridized carbons (Fsp3) is 0.438. The van der Waals surface area contributed by atoms with Crippen LogP contribution in [0, 0.1) is 17.8 Å². The zero-order chi connectivity index (χ0) is 13.2. The average molecular weight is 320 g/mol. The molecule has 1 saturated carbocycles. The van der Waals surface area contributed by atoms with E-state index in [9.17, 15) is 4.79 Å². The van der Waals surface area contributed by atoms with Gasteiger partial charge < -0.3 is 5.32 Å². The summed E-state index contributed by atoms with van der Waals surface area (Å²) in [5.74, 6) is 1.66. The molecule has 0 aromatic heterocycles. The Morgan fingerprint density at radius 2 is 1.84 bits per heavy atom. The van der Waals surface area contributed by atoms with Crippen LogP contribution in [0.1, 0.15) is 25.7 Å². The Bertz CT molecular complexity index is 495. The summed E-state index contributed by atoms with van der Waals surface area (Å²) in [6.07, 6.45) is 9.11. The number of anilines is 1. The van der Waals surface area contributed by atoms with Crippen LogP contribution in [0.15, 0.2) is 40.9 Å². The van der Waals surface area contributed by atoms with Crippen molar-refractivity contribution in [2.24, 2.45) is 17.8 Å². The molecule has 2 aliphatic rings. The summed E-state index contributed by atoms with van der Waals surface area (Å²) in [4.78, 5) is 12.3. The van der Waals surface area contributed by atoms with E-state index in [1.165, 1.54) is 0 Å². The molecule has 0 bridgehead atoms. The van der Waals surface area contributed by atoms with E-state index in [2.05, 4.69) is 33.4 Å². The number of nitrogens with one attached hydrogen (secondary N) is 1. The number of carbonyl (C=O) groups is 1. The Hall–Kier alpha value is -1.09. The van der Waals surface area contributed by atoms with Crippen molar-refractivity contribution < 1.29 is 4.79 Å². The fourth-order valence-corrected chi connectivity index (χ4v) is 3.63. The lowest BCUT2D eigenvalue weighted by Gasteiger charge is -2.05. The zero-order valence-corrected chi connectivity index (χ0v) is 12.4. The molecule has 0 unspecified atom stereocenters. The molecule has 19 heavy (non-hydrogen) atoms. The van der Waals surface area contributed by atoms with Crippen molar-refractivity contribution >= 4 is 27.5 Å². The molecule has 0 aliphatic heterocycles. The third-order valence-corrected chi connectivity index (χ3v) is 4.72. The number of allylic oxidation sites excluding steroid dienone is 2. The summed E-state index contributed by atoms with van der Waals surface area (Å²) in [7, 11) is 0. The molecule has 0 radical (unpaired) electrons. The first-order valence-corrected chi connectivity index (χ1v) is 7.76. The molecule has 0 heterocycles. The number of rotatable bonds is 2. The van der Waals surface area contributed by atoms with Gasteiger partial charge >= 0.3 is 0 Å². The topological polar surface area (TPSA) is 29.1 Å². The third-order valence-electron chi connectivity index (χ3n) is 4.23. The highest BCUT2D eigenvalue weighted by atomic mass is 79.9. The number of hydrogen-bond acceptors (Lipinski definition) is 1. The number of benzene rings is 1. The van der Waals surface area contributed by atoms with Gasteiger partial charge in [0.1, 0.15) is 0 Å². The Labute approximate surface area is 122 Å². The van der Waals surface area contributed by atoms with Gasteiger partial charge in [0.2, 0.25) is 5.91 Å². The third kappa shape index (κ3) is 2.92. The van der Waals surface area contributed by atoms with Gasteiger partial charge in [0.15, 0.2) is 0 Å². The molecule has 1 amide bonds. The SMILES string of the molecule is O=C(Nc1cccc(Br)c1)C1[C@@H]2CCC=CCC[C@@H]12. The fourth-order valence-electron chi connectivity index (χ4n) is 3.23. The lowest BCUT2D eigenvalue weighted by Crippen LogP contribution is -2.15. The van der Waals surface area contributed by atoms with E-state index in [0.29, 0.717) is 11.8 Å². The molecule has 0 saturated heterocycles. The first-order valence-electron chi connectivity index (χ1n) is 6.97.